The minimum Gasteiger partial charge on any atom is -0.372 e. The Morgan fingerprint density at radius 2 is 1.67 bits per heavy atom. The first-order valence-corrected chi connectivity index (χ1v) is 9.63. The lowest BCUT2D eigenvalue weighted by atomic mass is 10.1. The van der Waals surface area contributed by atoms with E-state index >= 15 is 0 Å². The second kappa shape index (κ2) is 8.91. The normalized spacial score (nSPS) is 15.1. The lowest BCUT2D eigenvalue weighted by Gasteiger charge is -2.28. The predicted octanol–water partition coefficient (Wildman–Crippen LogP) is 4.09. The van der Waals surface area contributed by atoms with Crippen molar-refractivity contribution in [2.75, 3.05) is 23.3 Å². The van der Waals surface area contributed by atoms with Crippen molar-refractivity contribution in [1.82, 2.24) is 5.32 Å². The van der Waals surface area contributed by atoms with Crippen molar-refractivity contribution in [2.24, 2.45) is 0 Å². The molecular weight excluding hydrogens is 362 g/mol. The molecule has 1 fully saturated rings. The van der Waals surface area contributed by atoms with Crippen molar-refractivity contribution in [3.8, 4) is 0 Å². The van der Waals surface area contributed by atoms with E-state index in [0.29, 0.717) is 16.3 Å². The van der Waals surface area contributed by atoms with Gasteiger partial charge in [-0.05, 0) is 62.6 Å². The van der Waals surface area contributed by atoms with Crippen LogP contribution in [-0.4, -0.2) is 30.9 Å². The maximum atomic E-state index is 12.4. The van der Waals surface area contributed by atoms with Crippen LogP contribution in [0.3, 0.4) is 0 Å². The highest BCUT2D eigenvalue weighted by Crippen LogP contribution is 2.22. The van der Waals surface area contributed by atoms with Gasteiger partial charge in [0.25, 0.3) is 5.91 Å². The molecule has 0 saturated carbocycles. The molecule has 0 spiro atoms. The standard InChI is InChI=1S/C21H24ClN3O2/c1-15(23-21(27)18-7-3-4-8-19(18)22)20(26)24-16-9-11-17(12-10-16)25-13-5-2-6-14-25/h3-4,7-12,15H,2,5-6,13-14H2,1H3,(H,23,27)(H,24,26)/t15-/m1/s1. The molecule has 6 heteroatoms. The third-order valence-corrected chi connectivity index (χ3v) is 5.05. The maximum absolute atomic E-state index is 12.4. The number of anilines is 2. The van der Waals surface area contributed by atoms with Crippen LogP contribution in [-0.2, 0) is 4.79 Å². The number of benzene rings is 2. The van der Waals surface area contributed by atoms with Crippen molar-refractivity contribution in [1.29, 1.82) is 0 Å². The van der Waals surface area contributed by atoms with E-state index < -0.39 is 6.04 Å². The molecule has 1 aliphatic heterocycles. The molecule has 0 bridgehead atoms. The first-order valence-electron chi connectivity index (χ1n) is 9.26. The summed E-state index contributed by atoms with van der Waals surface area (Å²) in [6.07, 6.45) is 3.74. The van der Waals surface area contributed by atoms with Crippen LogP contribution >= 0.6 is 11.6 Å². The summed E-state index contributed by atoms with van der Waals surface area (Å²) in [6, 6.07) is 13.9. The molecule has 0 radical (unpaired) electrons. The van der Waals surface area contributed by atoms with E-state index in [0.717, 1.165) is 13.1 Å². The minimum atomic E-state index is -0.685. The first kappa shape index (κ1) is 19.2. The molecule has 2 amide bonds. The van der Waals surface area contributed by atoms with E-state index in [2.05, 4.69) is 15.5 Å². The van der Waals surface area contributed by atoms with Gasteiger partial charge in [-0.3, -0.25) is 9.59 Å². The van der Waals surface area contributed by atoms with Gasteiger partial charge in [-0.15, -0.1) is 0 Å². The van der Waals surface area contributed by atoms with E-state index in [4.69, 9.17) is 11.6 Å². The van der Waals surface area contributed by atoms with Gasteiger partial charge in [0.2, 0.25) is 5.91 Å². The number of piperidine rings is 1. The molecule has 2 aromatic rings. The third kappa shape index (κ3) is 5.01. The zero-order valence-corrected chi connectivity index (χ0v) is 16.1. The summed E-state index contributed by atoms with van der Waals surface area (Å²) in [5, 5.41) is 5.87. The van der Waals surface area contributed by atoms with Gasteiger partial charge in [0.15, 0.2) is 0 Å². The largest absolute Gasteiger partial charge is 0.372 e. The lowest BCUT2D eigenvalue weighted by molar-refractivity contribution is -0.117. The molecule has 0 unspecified atom stereocenters. The number of nitrogens with zero attached hydrogens (tertiary/aromatic N) is 1. The van der Waals surface area contributed by atoms with Gasteiger partial charge in [0.05, 0.1) is 10.6 Å². The number of amides is 2. The summed E-state index contributed by atoms with van der Waals surface area (Å²) in [7, 11) is 0. The summed E-state index contributed by atoms with van der Waals surface area (Å²) in [5.74, 6) is -0.648. The van der Waals surface area contributed by atoms with E-state index in [1.807, 2.05) is 24.3 Å². The van der Waals surface area contributed by atoms with Gasteiger partial charge >= 0.3 is 0 Å². The summed E-state index contributed by atoms with van der Waals surface area (Å²) >= 11 is 6.03. The third-order valence-electron chi connectivity index (χ3n) is 4.72. The van der Waals surface area contributed by atoms with Gasteiger partial charge in [0.1, 0.15) is 6.04 Å². The molecule has 3 rings (SSSR count). The second-order valence-corrected chi connectivity index (χ2v) is 7.17. The second-order valence-electron chi connectivity index (χ2n) is 6.76. The topological polar surface area (TPSA) is 61.4 Å². The van der Waals surface area contributed by atoms with E-state index in [9.17, 15) is 9.59 Å². The fourth-order valence-corrected chi connectivity index (χ4v) is 3.37. The molecule has 1 atom stereocenters. The number of nitrogens with one attached hydrogen (secondary N) is 2. The highest BCUT2D eigenvalue weighted by molar-refractivity contribution is 6.33. The Balaban J connectivity index is 1.56. The molecule has 27 heavy (non-hydrogen) atoms. The van der Waals surface area contributed by atoms with E-state index in [-0.39, 0.29) is 11.8 Å². The highest BCUT2D eigenvalue weighted by atomic mass is 35.5. The smallest absolute Gasteiger partial charge is 0.253 e. The Kier molecular flexibility index (Phi) is 6.35. The van der Waals surface area contributed by atoms with Crippen molar-refractivity contribution in [3.63, 3.8) is 0 Å². The van der Waals surface area contributed by atoms with Crippen molar-refractivity contribution < 1.29 is 9.59 Å². The predicted molar refractivity (Wildman–Crippen MR) is 110 cm³/mol. The molecule has 2 aromatic carbocycles. The Bertz CT molecular complexity index is 801. The monoisotopic (exact) mass is 385 g/mol. The average molecular weight is 386 g/mol. The lowest BCUT2D eigenvalue weighted by Crippen LogP contribution is -2.41. The number of carbonyl (C=O) groups excluding carboxylic acids is 2. The molecular formula is C21H24ClN3O2. The zero-order valence-electron chi connectivity index (χ0n) is 15.4. The minimum absolute atomic E-state index is 0.277. The van der Waals surface area contributed by atoms with Crippen LogP contribution in [0.1, 0.15) is 36.5 Å². The average Bonchev–Trinajstić information content (AvgIpc) is 2.69. The van der Waals surface area contributed by atoms with Crippen molar-refractivity contribution in [3.05, 3.63) is 59.1 Å². The van der Waals surface area contributed by atoms with Gasteiger partial charge in [-0.1, -0.05) is 23.7 Å². The molecule has 0 aliphatic carbocycles. The molecule has 2 N–H and O–H groups in total. The van der Waals surface area contributed by atoms with Crippen LogP contribution in [0.2, 0.25) is 5.02 Å². The van der Waals surface area contributed by atoms with E-state index in [1.165, 1.54) is 24.9 Å². The van der Waals surface area contributed by atoms with Crippen molar-refractivity contribution in [2.45, 2.75) is 32.2 Å². The number of halogens is 1. The van der Waals surface area contributed by atoms with Gasteiger partial charge in [-0.2, -0.15) is 0 Å². The van der Waals surface area contributed by atoms with Crippen molar-refractivity contribution >= 4 is 34.8 Å². The fourth-order valence-electron chi connectivity index (χ4n) is 3.14. The quantitative estimate of drug-likeness (QED) is 0.814. The summed E-state index contributed by atoms with van der Waals surface area (Å²) in [4.78, 5) is 27.0. The molecule has 142 valence electrons. The number of hydrogen-bond donors (Lipinski definition) is 2. The number of rotatable bonds is 5. The maximum Gasteiger partial charge on any atom is 0.253 e. The molecule has 1 aliphatic rings. The SMILES string of the molecule is C[C@@H](NC(=O)c1ccccc1Cl)C(=O)Nc1ccc(N2CCCCC2)cc1. The van der Waals surface area contributed by atoms with Crippen LogP contribution in [0.15, 0.2) is 48.5 Å². The van der Waals surface area contributed by atoms with Crippen LogP contribution < -0.4 is 15.5 Å². The van der Waals surface area contributed by atoms with Crippen LogP contribution in [0.4, 0.5) is 11.4 Å². The number of carbonyl (C=O) groups is 2. The Hall–Kier alpha value is -2.53. The van der Waals surface area contributed by atoms with Gasteiger partial charge < -0.3 is 15.5 Å². The first-order chi connectivity index (χ1) is 13.0. The molecule has 5 nitrogen and oxygen atoms in total. The fraction of sp³-hybridized carbons (Fsp3) is 0.333. The highest BCUT2D eigenvalue weighted by Gasteiger charge is 2.18. The Labute approximate surface area is 164 Å². The molecule has 0 aromatic heterocycles. The molecule has 1 saturated heterocycles. The van der Waals surface area contributed by atoms with Crippen LogP contribution in [0, 0.1) is 0 Å². The van der Waals surface area contributed by atoms with Crippen LogP contribution in [0.25, 0.3) is 0 Å². The summed E-state index contributed by atoms with van der Waals surface area (Å²) in [6.45, 7) is 3.81. The summed E-state index contributed by atoms with van der Waals surface area (Å²) < 4.78 is 0. The van der Waals surface area contributed by atoms with Crippen LogP contribution in [0.5, 0.6) is 0 Å². The molecule has 1 heterocycles. The van der Waals surface area contributed by atoms with E-state index in [1.54, 1.807) is 31.2 Å². The van der Waals surface area contributed by atoms with Gasteiger partial charge in [0, 0.05) is 24.5 Å². The Morgan fingerprint density at radius 1 is 1.00 bits per heavy atom. The zero-order chi connectivity index (χ0) is 19.2. The Morgan fingerprint density at radius 3 is 2.33 bits per heavy atom. The van der Waals surface area contributed by atoms with Gasteiger partial charge in [-0.25, -0.2) is 0 Å². The summed E-state index contributed by atoms with van der Waals surface area (Å²) in [5.41, 5.74) is 2.23. The number of hydrogen-bond acceptors (Lipinski definition) is 3.